The summed E-state index contributed by atoms with van der Waals surface area (Å²) >= 11 is 1.58. The monoisotopic (exact) mass is 279 g/mol. The van der Waals surface area contributed by atoms with E-state index in [1.165, 1.54) is 17.9 Å². The molecule has 4 nitrogen and oxygen atoms in total. The predicted molar refractivity (Wildman–Crippen MR) is 76.9 cm³/mol. The summed E-state index contributed by atoms with van der Waals surface area (Å²) in [5, 5.41) is 2.56. The van der Waals surface area contributed by atoms with Crippen molar-refractivity contribution in [2.45, 2.75) is 20.0 Å². The maximum Gasteiger partial charge on any atom is 0.331 e. The van der Waals surface area contributed by atoms with Crippen molar-refractivity contribution in [3.8, 4) is 0 Å². The molecule has 0 bridgehead atoms. The lowest BCUT2D eigenvalue weighted by molar-refractivity contribution is -0.150. The minimum Gasteiger partial charge on any atom is -0.449 e. The minimum absolute atomic E-state index is 0.339. The molecular weight excluding hydrogens is 262 g/mol. The zero-order valence-corrected chi connectivity index (χ0v) is 11.8. The van der Waals surface area contributed by atoms with Gasteiger partial charge in [0.2, 0.25) is 0 Å². The van der Waals surface area contributed by atoms with Crippen LogP contribution in [0.2, 0.25) is 0 Å². The van der Waals surface area contributed by atoms with E-state index in [0.29, 0.717) is 6.54 Å². The molecule has 0 unspecified atom stereocenters. The number of nitrogens with one attached hydrogen (secondary N) is 1. The summed E-state index contributed by atoms with van der Waals surface area (Å²) < 4.78 is 4.97. The highest BCUT2D eigenvalue weighted by Crippen LogP contribution is 2.16. The number of aryl methyl sites for hydroxylation is 1. The lowest BCUT2D eigenvalue weighted by Gasteiger charge is -2.10. The van der Waals surface area contributed by atoms with Crippen LogP contribution in [0.3, 0.4) is 0 Å². The summed E-state index contributed by atoms with van der Waals surface area (Å²) in [6.45, 7) is 7.36. The molecule has 0 aliphatic carbocycles. The first-order chi connectivity index (χ1) is 9.02. The summed E-state index contributed by atoms with van der Waals surface area (Å²) in [5.41, 5.74) is 0. The van der Waals surface area contributed by atoms with Crippen molar-refractivity contribution in [2.75, 3.05) is 6.54 Å². The number of carbonyl (C=O) groups is 2. The minimum atomic E-state index is -0.817. The van der Waals surface area contributed by atoms with Crippen LogP contribution in [0, 0.1) is 6.92 Å². The third-order valence-electron chi connectivity index (χ3n) is 2.23. The lowest BCUT2D eigenvalue weighted by Crippen LogP contribution is -2.35. The SMILES string of the molecule is C=CCNC(=O)[C@H](C)OC(=O)/C=C/c1ccc(C)s1. The molecule has 1 atom stereocenters. The molecule has 5 heteroatoms. The molecule has 0 radical (unpaired) electrons. The number of ether oxygens (including phenoxy) is 1. The molecule has 1 N–H and O–H groups in total. The van der Waals surface area contributed by atoms with Gasteiger partial charge in [-0.15, -0.1) is 17.9 Å². The predicted octanol–water partition coefficient (Wildman–Crippen LogP) is 2.30. The molecule has 102 valence electrons. The zero-order valence-electron chi connectivity index (χ0n) is 11.0. The molecular formula is C14H17NO3S. The number of esters is 1. The van der Waals surface area contributed by atoms with Crippen LogP contribution >= 0.6 is 11.3 Å². The van der Waals surface area contributed by atoms with Crippen molar-refractivity contribution in [2.24, 2.45) is 0 Å². The van der Waals surface area contributed by atoms with Crippen molar-refractivity contribution in [1.82, 2.24) is 5.32 Å². The van der Waals surface area contributed by atoms with Gasteiger partial charge in [-0.2, -0.15) is 0 Å². The van der Waals surface area contributed by atoms with Gasteiger partial charge < -0.3 is 10.1 Å². The van der Waals surface area contributed by atoms with Gasteiger partial charge in [0, 0.05) is 22.4 Å². The van der Waals surface area contributed by atoms with E-state index in [1.807, 2.05) is 19.1 Å². The van der Waals surface area contributed by atoms with Gasteiger partial charge in [-0.1, -0.05) is 6.08 Å². The fourth-order valence-corrected chi connectivity index (χ4v) is 2.06. The molecule has 1 heterocycles. The fraction of sp³-hybridized carbons (Fsp3) is 0.286. The van der Waals surface area contributed by atoms with Gasteiger partial charge in [-0.05, 0) is 32.1 Å². The van der Waals surface area contributed by atoms with Gasteiger partial charge in [0.1, 0.15) is 0 Å². The summed E-state index contributed by atoms with van der Waals surface area (Å²) in [5.74, 6) is -0.874. The quantitative estimate of drug-likeness (QED) is 0.494. The van der Waals surface area contributed by atoms with E-state index in [-0.39, 0.29) is 5.91 Å². The number of carbonyl (C=O) groups excluding carboxylic acids is 2. The molecule has 0 saturated carbocycles. The number of hydrogen-bond acceptors (Lipinski definition) is 4. The van der Waals surface area contributed by atoms with Gasteiger partial charge in [0.25, 0.3) is 5.91 Å². The van der Waals surface area contributed by atoms with Crippen molar-refractivity contribution in [3.05, 3.63) is 40.6 Å². The number of amides is 1. The van der Waals surface area contributed by atoms with Gasteiger partial charge in [0.05, 0.1) is 0 Å². The van der Waals surface area contributed by atoms with Crippen LogP contribution in [0.4, 0.5) is 0 Å². The number of hydrogen-bond donors (Lipinski definition) is 1. The van der Waals surface area contributed by atoms with Crippen LogP contribution in [-0.2, 0) is 14.3 Å². The Morgan fingerprint density at radius 2 is 2.26 bits per heavy atom. The molecule has 0 saturated heterocycles. The van der Waals surface area contributed by atoms with Crippen LogP contribution in [0.1, 0.15) is 16.7 Å². The molecule has 19 heavy (non-hydrogen) atoms. The smallest absolute Gasteiger partial charge is 0.331 e. The summed E-state index contributed by atoms with van der Waals surface area (Å²) in [6, 6.07) is 3.89. The average Bonchev–Trinajstić information content (AvgIpc) is 2.79. The molecule has 0 aliphatic heterocycles. The highest BCUT2D eigenvalue weighted by atomic mass is 32.1. The largest absolute Gasteiger partial charge is 0.449 e. The van der Waals surface area contributed by atoms with E-state index in [1.54, 1.807) is 23.5 Å². The second kappa shape index (κ2) is 7.53. The molecule has 1 aromatic heterocycles. The second-order valence-electron chi connectivity index (χ2n) is 3.89. The molecule has 0 fully saturated rings. The van der Waals surface area contributed by atoms with E-state index < -0.39 is 12.1 Å². The Balaban J connectivity index is 2.44. The van der Waals surface area contributed by atoms with E-state index >= 15 is 0 Å². The van der Waals surface area contributed by atoms with Gasteiger partial charge in [-0.3, -0.25) is 4.79 Å². The fourth-order valence-electron chi connectivity index (χ4n) is 1.28. The third kappa shape index (κ3) is 5.52. The summed E-state index contributed by atoms with van der Waals surface area (Å²) in [7, 11) is 0. The van der Waals surface area contributed by atoms with E-state index in [9.17, 15) is 9.59 Å². The van der Waals surface area contributed by atoms with Crippen molar-refractivity contribution in [1.29, 1.82) is 0 Å². The Hall–Kier alpha value is -1.88. The van der Waals surface area contributed by atoms with Gasteiger partial charge in [-0.25, -0.2) is 4.79 Å². The van der Waals surface area contributed by atoms with Crippen molar-refractivity contribution < 1.29 is 14.3 Å². The molecule has 1 rings (SSSR count). The first kappa shape index (κ1) is 15.2. The zero-order chi connectivity index (χ0) is 14.3. The first-order valence-corrected chi connectivity index (χ1v) is 6.68. The third-order valence-corrected chi connectivity index (χ3v) is 3.19. The van der Waals surface area contributed by atoms with Crippen LogP contribution in [-0.4, -0.2) is 24.5 Å². The highest BCUT2D eigenvalue weighted by molar-refractivity contribution is 7.12. The maximum atomic E-state index is 11.5. The van der Waals surface area contributed by atoms with Crippen molar-refractivity contribution >= 4 is 29.3 Å². The second-order valence-corrected chi connectivity index (χ2v) is 5.21. The van der Waals surface area contributed by atoms with Crippen molar-refractivity contribution in [3.63, 3.8) is 0 Å². The molecule has 1 amide bonds. The average molecular weight is 279 g/mol. The van der Waals surface area contributed by atoms with Crippen LogP contribution in [0.5, 0.6) is 0 Å². The molecule has 0 spiro atoms. The van der Waals surface area contributed by atoms with Gasteiger partial charge >= 0.3 is 5.97 Å². The van der Waals surface area contributed by atoms with Gasteiger partial charge in [0.15, 0.2) is 6.10 Å². The number of rotatable bonds is 6. The Morgan fingerprint density at radius 3 is 2.84 bits per heavy atom. The van der Waals surface area contributed by atoms with Crippen LogP contribution in [0.25, 0.3) is 6.08 Å². The standard InChI is InChI=1S/C14H17NO3S/c1-4-9-15-14(17)11(3)18-13(16)8-7-12-6-5-10(2)19-12/h4-8,11H,1,9H2,2-3H3,(H,15,17)/b8-7+/t11-/m0/s1. The van der Waals surface area contributed by atoms with E-state index in [2.05, 4.69) is 11.9 Å². The Labute approximate surface area is 116 Å². The maximum absolute atomic E-state index is 11.5. The number of thiophene rings is 1. The van der Waals surface area contributed by atoms with E-state index in [4.69, 9.17) is 4.74 Å². The molecule has 0 aromatic carbocycles. The Kier molecular flexibility index (Phi) is 6.02. The molecule has 1 aromatic rings. The molecule has 0 aliphatic rings. The Bertz CT molecular complexity index is 491. The lowest BCUT2D eigenvalue weighted by atomic mass is 10.3. The van der Waals surface area contributed by atoms with Crippen LogP contribution in [0.15, 0.2) is 30.9 Å². The van der Waals surface area contributed by atoms with E-state index in [0.717, 1.165) is 4.88 Å². The topological polar surface area (TPSA) is 55.4 Å². The highest BCUT2D eigenvalue weighted by Gasteiger charge is 2.15. The Morgan fingerprint density at radius 1 is 1.53 bits per heavy atom. The normalized spacial score (nSPS) is 12.1. The summed E-state index contributed by atoms with van der Waals surface area (Å²) in [4.78, 5) is 25.1. The first-order valence-electron chi connectivity index (χ1n) is 5.86. The summed E-state index contributed by atoms with van der Waals surface area (Å²) in [6.07, 6.45) is 3.74. The van der Waals surface area contributed by atoms with Crippen LogP contribution < -0.4 is 5.32 Å².